The first-order valence-corrected chi connectivity index (χ1v) is 10.3. The van der Waals surface area contributed by atoms with E-state index in [1.54, 1.807) is 11.8 Å². The molecule has 0 radical (unpaired) electrons. The number of anilines is 2. The fourth-order valence-electron chi connectivity index (χ4n) is 2.95. The molecule has 3 aromatic rings. The zero-order valence-corrected chi connectivity index (χ0v) is 16.8. The van der Waals surface area contributed by atoms with Crippen molar-refractivity contribution in [3.05, 3.63) is 58.6 Å². The van der Waals surface area contributed by atoms with Gasteiger partial charge in [-0.3, -0.25) is 4.57 Å². The Morgan fingerprint density at radius 1 is 1.04 bits per heavy atom. The minimum absolute atomic E-state index is 0.677. The van der Waals surface area contributed by atoms with E-state index in [4.69, 9.17) is 4.74 Å². The van der Waals surface area contributed by atoms with Crippen LogP contribution >= 0.6 is 27.7 Å². The first-order valence-electron chi connectivity index (χ1n) is 8.55. The van der Waals surface area contributed by atoms with Crippen LogP contribution in [0.3, 0.4) is 0 Å². The highest BCUT2D eigenvalue weighted by molar-refractivity contribution is 9.10. The van der Waals surface area contributed by atoms with Crippen molar-refractivity contribution in [3.8, 4) is 5.75 Å². The van der Waals surface area contributed by atoms with Crippen molar-refractivity contribution in [2.75, 3.05) is 18.1 Å². The van der Waals surface area contributed by atoms with E-state index in [1.165, 1.54) is 5.56 Å². The van der Waals surface area contributed by atoms with E-state index in [0.717, 1.165) is 45.9 Å². The summed E-state index contributed by atoms with van der Waals surface area (Å²) in [5, 5.41) is 9.78. The molecule has 0 aliphatic carbocycles. The first kappa shape index (κ1) is 17.4. The Morgan fingerprint density at radius 2 is 1.81 bits per heavy atom. The molecule has 0 N–H and O–H groups in total. The molecule has 2 heterocycles. The third kappa shape index (κ3) is 3.59. The van der Waals surface area contributed by atoms with E-state index < -0.39 is 0 Å². The predicted octanol–water partition coefficient (Wildman–Crippen LogP) is 4.88. The van der Waals surface area contributed by atoms with Crippen LogP contribution in [0.25, 0.3) is 0 Å². The number of hydrogen-bond acceptors (Lipinski definition) is 5. The fourth-order valence-corrected chi connectivity index (χ4v) is 4.13. The molecule has 0 bridgehead atoms. The summed E-state index contributed by atoms with van der Waals surface area (Å²) in [5.74, 6) is 2.68. The summed E-state index contributed by atoms with van der Waals surface area (Å²) in [4.78, 5) is 2.20. The largest absolute Gasteiger partial charge is 0.494 e. The summed E-state index contributed by atoms with van der Waals surface area (Å²) in [6.07, 6.45) is 0. The number of aromatic nitrogens is 3. The monoisotopic (exact) mass is 430 g/mol. The molecule has 1 aliphatic rings. The maximum Gasteiger partial charge on any atom is 0.232 e. The number of ether oxygens (including phenoxy) is 1. The molecule has 0 saturated carbocycles. The number of fused-ring (bicyclic) bond motifs is 1. The lowest BCUT2D eigenvalue weighted by molar-refractivity contribution is 0.340. The molecular formula is C19H19BrN4OS. The van der Waals surface area contributed by atoms with Gasteiger partial charge in [0.05, 0.1) is 6.61 Å². The zero-order valence-electron chi connectivity index (χ0n) is 14.4. The van der Waals surface area contributed by atoms with Gasteiger partial charge in [0, 0.05) is 29.0 Å². The van der Waals surface area contributed by atoms with Crippen molar-refractivity contribution in [1.82, 2.24) is 14.8 Å². The van der Waals surface area contributed by atoms with Gasteiger partial charge in [0.15, 0.2) is 5.16 Å². The van der Waals surface area contributed by atoms with Crippen LogP contribution in [0.1, 0.15) is 12.5 Å². The number of hydrogen-bond donors (Lipinski definition) is 0. The number of benzene rings is 2. The van der Waals surface area contributed by atoms with Crippen LogP contribution in [0, 0.1) is 0 Å². The second-order valence-electron chi connectivity index (χ2n) is 5.93. The number of halogens is 1. The second kappa shape index (κ2) is 7.72. The molecule has 134 valence electrons. The highest BCUT2D eigenvalue weighted by Crippen LogP contribution is 2.33. The Hall–Kier alpha value is -1.99. The lowest BCUT2D eigenvalue weighted by Gasteiger charge is -2.15. The fraction of sp³-hybridized carbons (Fsp3) is 0.263. The van der Waals surface area contributed by atoms with Crippen LogP contribution < -0.4 is 9.64 Å². The highest BCUT2D eigenvalue weighted by Gasteiger charge is 2.26. The van der Waals surface area contributed by atoms with Gasteiger partial charge in [-0.15, -0.1) is 10.2 Å². The number of thioether (sulfide) groups is 1. The molecule has 26 heavy (non-hydrogen) atoms. The van der Waals surface area contributed by atoms with Crippen LogP contribution in [0.15, 0.2) is 58.2 Å². The van der Waals surface area contributed by atoms with E-state index >= 15 is 0 Å². The van der Waals surface area contributed by atoms with Crippen molar-refractivity contribution >= 4 is 39.3 Å². The Morgan fingerprint density at radius 3 is 2.54 bits per heavy atom. The zero-order chi connectivity index (χ0) is 17.9. The summed E-state index contributed by atoms with van der Waals surface area (Å²) in [7, 11) is 0. The average molecular weight is 431 g/mol. The van der Waals surface area contributed by atoms with Gasteiger partial charge in [-0.25, -0.2) is 0 Å². The standard InChI is InChI=1S/C19H19BrN4OS/c1-2-25-17-9-7-16(8-10-17)23-11-12-24-18(23)21-22-19(24)26-13-14-3-5-15(20)6-4-14/h3-10H,2,11-13H2,1H3. The van der Waals surface area contributed by atoms with Crippen LogP contribution in [0.4, 0.5) is 11.6 Å². The third-order valence-corrected chi connectivity index (χ3v) is 5.79. The van der Waals surface area contributed by atoms with E-state index in [2.05, 4.69) is 72.0 Å². The molecular weight excluding hydrogens is 412 g/mol. The van der Waals surface area contributed by atoms with Gasteiger partial charge < -0.3 is 9.64 Å². The second-order valence-corrected chi connectivity index (χ2v) is 7.79. The quantitative estimate of drug-likeness (QED) is 0.521. The normalized spacial score (nSPS) is 13.1. The van der Waals surface area contributed by atoms with Crippen LogP contribution in [0.5, 0.6) is 5.75 Å². The summed E-state index contributed by atoms with van der Waals surface area (Å²) < 4.78 is 8.81. The third-order valence-electron chi connectivity index (χ3n) is 4.23. The molecule has 0 spiro atoms. The van der Waals surface area contributed by atoms with Crippen molar-refractivity contribution in [2.24, 2.45) is 0 Å². The van der Waals surface area contributed by atoms with Crippen LogP contribution in [0.2, 0.25) is 0 Å². The molecule has 0 amide bonds. The maximum atomic E-state index is 5.52. The van der Waals surface area contributed by atoms with E-state index in [-0.39, 0.29) is 0 Å². The molecule has 2 aromatic carbocycles. The maximum absolute atomic E-state index is 5.52. The highest BCUT2D eigenvalue weighted by atomic mass is 79.9. The smallest absolute Gasteiger partial charge is 0.232 e. The Labute approximate surface area is 165 Å². The minimum atomic E-state index is 0.677. The van der Waals surface area contributed by atoms with Crippen molar-refractivity contribution in [2.45, 2.75) is 24.4 Å². The number of rotatable bonds is 6. The number of nitrogens with zero attached hydrogens (tertiary/aromatic N) is 4. The Kier molecular flexibility index (Phi) is 5.17. The van der Waals surface area contributed by atoms with Gasteiger partial charge in [-0.2, -0.15) is 0 Å². The van der Waals surface area contributed by atoms with E-state index in [9.17, 15) is 0 Å². The molecule has 5 nitrogen and oxygen atoms in total. The van der Waals surface area contributed by atoms with E-state index in [1.807, 2.05) is 19.1 Å². The Bertz CT molecular complexity index is 880. The molecule has 0 saturated heterocycles. The summed E-state index contributed by atoms with van der Waals surface area (Å²) in [6, 6.07) is 16.5. The summed E-state index contributed by atoms with van der Waals surface area (Å²) in [6.45, 7) is 4.48. The summed E-state index contributed by atoms with van der Waals surface area (Å²) in [5.41, 5.74) is 2.39. The average Bonchev–Trinajstić information content (AvgIpc) is 3.25. The molecule has 4 rings (SSSR count). The Balaban J connectivity index is 1.47. The molecule has 1 aliphatic heterocycles. The molecule has 0 atom stereocenters. The SMILES string of the molecule is CCOc1ccc(N2CCn3c(SCc4ccc(Br)cc4)nnc32)cc1. The molecule has 7 heteroatoms. The summed E-state index contributed by atoms with van der Waals surface area (Å²) >= 11 is 5.20. The minimum Gasteiger partial charge on any atom is -0.494 e. The predicted molar refractivity (Wildman–Crippen MR) is 108 cm³/mol. The van der Waals surface area contributed by atoms with Crippen LogP contribution in [-0.2, 0) is 12.3 Å². The van der Waals surface area contributed by atoms with Crippen LogP contribution in [-0.4, -0.2) is 27.9 Å². The topological polar surface area (TPSA) is 43.2 Å². The van der Waals surface area contributed by atoms with Gasteiger partial charge in [0.2, 0.25) is 5.95 Å². The van der Waals surface area contributed by atoms with Gasteiger partial charge in [-0.05, 0) is 48.9 Å². The first-order chi connectivity index (χ1) is 12.7. The molecule has 0 fully saturated rings. The van der Waals surface area contributed by atoms with Gasteiger partial charge in [-0.1, -0.05) is 39.8 Å². The lowest BCUT2D eigenvalue weighted by Crippen LogP contribution is -2.14. The van der Waals surface area contributed by atoms with E-state index in [0.29, 0.717) is 6.61 Å². The van der Waals surface area contributed by atoms with Crippen molar-refractivity contribution in [3.63, 3.8) is 0 Å². The molecule has 1 aromatic heterocycles. The van der Waals surface area contributed by atoms with Gasteiger partial charge >= 0.3 is 0 Å². The van der Waals surface area contributed by atoms with Gasteiger partial charge in [0.1, 0.15) is 5.75 Å². The van der Waals surface area contributed by atoms with Crippen molar-refractivity contribution in [1.29, 1.82) is 0 Å². The van der Waals surface area contributed by atoms with Crippen molar-refractivity contribution < 1.29 is 4.74 Å². The lowest BCUT2D eigenvalue weighted by atomic mass is 10.2. The molecule has 0 unspecified atom stereocenters. The van der Waals surface area contributed by atoms with Gasteiger partial charge in [0.25, 0.3) is 0 Å².